The summed E-state index contributed by atoms with van der Waals surface area (Å²) < 4.78 is 0. The van der Waals surface area contributed by atoms with Gasteiger partial charge < -0.3 is 14.9 Å². The fourth-order valence-corrected chi connectivity index (χ4v) is 4.53. The van der Waals surface area contributed by atoms with E-state index in [-0.39, 0.29) is 23.3 Å². The number of likely N-dealkylation sites (N-methyl/N-ethyl adjacent to an activating group) is 1. The number of likely N-dealkylation sites (tertiary alicyclic amines) is 1. The van der Waals surface area contributed by atoms with Crippen LogP contribution >= 0.6 is 11.8 Å². The van der Waals surface area contributed by atoms with Gasteiger partial charge in [0.05, 0.1) is 11.4 Å². The van der Waals surface area contributed by atoms with Crippen molar-refractivity contribution >= 4 is 17.7 Å². The number of fused-ring (bicyclic) bond motifs is 1. The van der Waals surface area contributed by atoms with E-state index in [1.807, 2.05) is 31.1 Å². The molecule has 2 aliphatic rings. The molecule has 5 heteroatoms. The average Bonchev–Trinajstić information content (AvgIpc) is 3.00. The minimum Gasteiger partial charge on any atom is -0.391 e. The number of aliphatic hydroxyl groups is 1. The number of aliphatic hydroxyl groups excluding tert-OH is 1. The number of hydrogen-bond donors (Lipinski definition) is 1. The quantitative estimate of drug-likeness (QED) is 0.912. The fraction of sp³-hybridized carbons (Fsp3) is 0.562. The fourth-order valence-electron chi connectivity index (χ4n) is 3.26. The standard InChI is InChI=1S/C16H22N2O2S/c1-17(2)9-12-8-13(19)10-18(12)16(20)15-7-11-5-3-4-6-14(11)21-15/h3-6,12-13,15,19H,7-10H2,1-2H3. The molecule has 2 heterocycles. The Bertz CT molecular complexity index is 510. The Morgan fingerprint density at radius 3 is 2.90 bits per heavy atom. The molecule has 0 spiro atoms. The SMILES string of the molecule is CN(C)CC1CC(O)CN1C(=O)C1Cc2ccccc2S1. The maximum Gasteiger partial charge on any atom is 0.236 e. The number of carbonyl (C=O) groups is 1. The van der Waals surface area contributed by atoms with Gasteiger partial charge in [0, 0.05) is 24.0 Å². The molecular formula is C16H22N2O2S. The van der Waals surface area contributed by atoms with Crippen LogP contribution in [-0.4, -0.2) is 65.4 Å². The highest BCUT2D eigenvalue weighted by molar-refractivity contribution is 8.01. The molecule has 1 saturated heterocycles. The molecule has 1 amide bonds. The van der Waals surface area contributed by atoms with E-state index >= 15 is 0 Å². The zero-order valence-corrected chi connectivity index (χ0v) is 13.3. The van der Waals surface area contributed by atoms with E-state index in [4.69, 9.17) is 0 Å². The molecule has 0 radical (unpaired) electrons. The maximum absolute atomic E-state index is 12.8. The number of β-amino-alcohol motifs (C(OH)–C–C–N with tert-alkyl or cyclic N) is 1. The third-order valence-electron chi connectivity index (χ3n) is 4.17. The van der Waals surface area contributed by atoms with Gasteiger partial charge in [-0.15, -0.1) is 11.8 Å². The van der Waals surface area contributed by atoms with Crippen LogP contribution in [0.5, 0.6) is 0 Å². The lowest BCUT2D eigenvalue weighted by molar-refractivity contribution is -0.131. The molecule has 0 bridgehead atoms. The summed E-state index contributed by atoms with van der Waals surface area (Å²) in [6.07, 6.45) is 1.11. The second-order valence-electron chi connectivity index (χ2n) is 6.21. The Labute approximate surface area is 130 Å². The molecule has 1 N–H and O–H groups in total. The van der Waals surface area contributed by atoms with Gasteiger partial charge in [0.2, 0.25) is 5.91 Å². The van der Waals surface area contributed by atoms with Crippen molar-refractivity contribution in [3.63, 3.8) is 0 Å². The molecule has 4 nitrogen and oxygen atoms in total. The van der Waals surface area contributed by atoms with E-state index in [9.17, 15) is 9.90 Å². The van der Waals surface area contributed by atoms with Crippen LogP contribution in [0.25, 0.3) is 0 Å². The first-order chi connectivity index (χ1) is 10.0. The summed E-state index contributed by atoms with van der Waals surface area (Å²) in [5, 5.41) is 9.90. The van der Waals surface area contributed by atoms with Crippen molar-refractivity contribution in [3.8, 4) is 0 Å². The second-order valence-corrected chi connectivity index (χ2v) is 7.46. The smallest absolute Gasteiger partial charge is 0.236 e. The third-order valence-corrected chi connectivity index (χ3v) is 5.48. The van der Waals surface area contributed by atoms with Crippen LogP contribution in [0.3, 0.4) is 0 Å². The largest absolute Gasteiger partial charge is 0.391 e. The van der Waals surface area contributed by atoms with Crippen LogP contribution in [0.2, 0.25) is 0 Å². The highest BCUT2D eigenvalue weighted by Gasteiger charge is 2.39. The Hall–Kier alpha value is -1.04. The van der Waals surface area contributed by atoms with Crippen molar-refractivity contribution < 1.29 is 9.90 Å². The lowest BCUT2D eigenvalue weighted by Gasteiger charge is -2.28. The van der Waals surface area contributed by atoms with E-state index < -0.39 is 0 Å². The molecule has 0 aliphatic carbocycles. The normalized spacial score (nSPS) is 28.2. The summed E-state index contributed by atoms with van der Waals surface area (Å²) in [5.74, 6) is 0.180. The van der Waals surface area contributed by atoms with Crippen LogP contribution in [0.1, 0.15) is 12.0 Å². The molecule has 1 aromatic carbocycles. The van der Waals surface area contributed by atoms with Crippen molar-refractivity contribution in [2.24, 2.45) is 0 Å². The van der Waals surface area contributed by atoms with Crippen molar-refractivity contribution in [2.45, 2.75) is 35.1 Å². The molecule has 21 heavy (non-hydrogen) atoms. The van der Waals surface area contributed by atoms with Crippen LogP contribution in [0.15, 0.2) is 29.2 Å². The van der Waals surface area contributed by atoms with Crippen molar-refractivity contribution in [2.75, 3.05) is 27.2 Å². The van der Waals surface area contributed by atoms with Crippen LogP contribution in [-0.2, 0) is 11.2 Å². The first kappa shape index (κ1) is 14.9. The molecule has 3 rings (SSSR count). The van der Waals surface area contributed by atoms with E-state index in [0.29, 0.717) is 13.0 Å². The Morgan fingerprint density at radius 1 is 1.43 bits per heavy atom. The molecule has 3 atom stereocenters. The minimum absolute atomic E-state index is 0.0302. The van der Waals surface area contributed by atoms with Crippen LogP contribution in [0.4, 0.5) is 0 Å². The van der Waals surface area contributed by atoms with Gasteiger partial charge in [-0.25, -0.2) is 0 Å². The molecule has 3 unspecified atom stereocenters. The van der Waals surface area contributed by atoms with E-state index in [1.54, 1.807) is 11.8 Å². The van der Waals surface area contributed by atoms with Gasteiger partial charge in [-0.1, -0.05) is 18.2 Å². The van der Waals surface area contributed by atoms with Crippen LogP contribution < -0.4 is 0 Å². The number of nitrogens with zero attached hydrogens (tertiary/aromatic N) is 2. The Kier molecular flexibility index (Phi) is 4.24. The van der Waals surface area contributed by atoms with Gasteiger partial charge in [0.25, 0.3) is 0 Å². The second kappa shape index (κ2) is 5.99. The molecule has 114 valence electrons. The van der Waals surface area contributed by atoms with Gasteiger partial charge >= 0.3 is 0 Å². The van der Waals surface area contributed by atoms with E-state index in [0.717, 1.165) is 13.0 Å². The van der Waals surface area contributed by atoms with Crippen molar-refractivity contribution in [3.05, 3.63) is 29.8 Å². The number of carbonyl (C=O) groups excluding carboxylic acids is 1. The number of benzene rings is 1. The highest BCUT2D eigenvalue weighted by Crippen LogP contribution is 2.38. The Balaban J connectivity index is 1.70. The van der Waals surface area contributed by atoms with Gasteiger partial charge in [0.1, 0.15) is 0 Å². The molecular weight excluding hydrogens is 284 g/mol. The first-order valence-electron chi connectivity index (χ1n) is 7.42. The zero-order valence-electron chi connectivity index (χ0n) is 12.5. The molecule has 0 aromatic heterocycles. The first-order valence-corrected chi connectivity index (χ1v) is 8.30. The number of rotatable bonds is 3. The van der Waals surface area contributed by atoms with Gasteiger partial charge in [0.15, 0.2) is 0 Å². The lowest BCUT2D eigenvalue weighted by atomic mass is 10.1. The van der Waals surface area contributed by atoms with Crippen molar-refractivity contribution in [1.82, 2.24) is 9.80 Å². The molecule has 1 aromatic rings. The predicted molar refractivity (Wildman–Crippen MR) is 84.5 cm³/mol. The third kappa shape index (κ3) is 3.10. The molecule has 1 fully saturated rings. The summed E-state index contributed by atoms with van der Waals surface area (Å²) in [7, 11) is 4.01. The maximum atomic E-state index is 12.8. The molecule has 0 saturated carbocycles. The summed E-state index contributed by atoms with van der Waals surface area (Å²) in [5.41, 5.74) is 1.27. The summed E-state index contributed by atoms with van der Waals surface area (Å²) in [6, 6.07) is 8.37. The number of hydrogen-bond acceptors (Lipinski definition) is 4. The summed E-state index contributed by atoms with van der Waals surface area (Å²) in [6.45, 7) is 1.29. The highest BCUT2D eigenvalue weighted by atomic mass is 32.2. The minimum atomic E-state index is -0.382. The monoisotopic (exact) mass is 306 g/mol. The number of thioether (sulfide) groups is 1. The van der Waals surface area contributed by atoms with E-state index in [1.165, 1.54) is 10.5 Å². The summed E-state index contributed by atoms with van der Waals surface area (Å²) in [4.78, 5) is 18.0. The average molecular weight is 306 g/mol. The predicted octanol–water partition coefficient (Wildman–Crippen LogP) is 1.23. The van der Waals surface area contributed by atoms with Crippen molar-refractivity contribution in [1.29, 1.82) is 0 Å². The topological polar surface area (TPSA) is 43.8 Å². The lowest BCUT2D eigenvalue weighted by Crippen LogP contribution is -2.45. The molecule has 2 aliphatic heterocycles. The van der Waals surface area contributed by atoms with E-state index in [2.05, 4.69) is 17.0 Å². The van der Waals surface area contributed by atoms with Crippen LogP contribution in [0, 0.1) is 0 Å². The zero-order chi connectivity index (χ0) is 15.0. The Morgan fingerprint density at radius 2 is 2.19 bits per heavy atom. The number of amides is 1. The van der Waals surface area contributed by atoms with Gasteiger partial charge in [-0.05, 0) is 38.6 Å². The summed E-state index contributed by atoms with van der Waals surface area (Å²) >= 11 is 1.67. The van der Waals surface area contributed by atoms with Gasteiger partial charge in [-0.3, -0.25) is 4.79 Å². The van der Waals surface area contributed by atoms with Gasteiger partial charge in [-0.2, -0.15) is 0 Å².